The predicted molar refractivity (Wildman–Crippen MR) is 216 cm³/mol. The van der Waals surface area contributed by atoms with Gasteiger partial charge in [0.1, 0.15) is 146 Å². The van der Waals surface area contributed by atoms with Gasteiger partial charge in [-0.1, -0.05) is 13.3 Å². The second-order valence-electron chi connectivity index (χ2n) is 18.2. The van der Waals surface area contributed by atoms with Crippen LogP contribution in [0.3, 0.4) is 0 Å². The number of rotatable bonds is 10. The first kappa shape index (κ1) is 57.5. The number of hydrogen-bond donors (Lipinski definition) is 18. The third-order valence-electron chi connectivity index (χ3n) is 13.5. The monoisotopic (exact) mass is 1040 g/mol. The summed E-state index contributed by atoms with van der Waals surface area (Å²) in [5.41, 5.74) is 0. The first-order valence-corrected chi connectivity index (χ1v) is 23.2. The highest BCUT2D eigenvalue weighted by Crippen LogP contribution is 2.38. The fourth-order valence-electron chi connectivity index (χ4n) is 9.56. The van der Waals surface area contributed by atoms with Crippen LogP contribution in [-0.4, -0.2) is 322 Å². The van der Waals surface area contributed by atoms with Gasteiger partial charge in [0.2, 0.25) is 0 Å². The van der Waals surface area contributed by atoms with Crippen LogP contribution in [0.2, 0.25) is 0 Å². The van der Waals surface area contributed by atoms with Crippen LogP contribution in [0.4, 0.5) is 0 Å². The lowest BCUT2D eigenvalue weighted by atomic mass is 9.94. The third kappa shape index (κ3) is 11.7. The minimum atomic E-state index is -2.16. The zero-order valence-corrected chi connectivity index (χ0v) is 37.9. The second-order valence-corrected chi connectivity index (χ2v) is 18.2. The van der Waals surface area contributed by atoms with Gasteiger partial charge >= 0.3 is 0 Å². The van der Waals surface area contributed by atoms with E-state index in [0.717, 1.165) is 0 Å². The molecule has 31 atom stereocenters. The highest BCUT2D eigenvalue weighted by Gasteiger charge is 2.59. The second kappa shape index (κ2) is 24.8. The summed E-state index contributed by atoms with van der Waals surface area (Å²) in [6.07, 6.45) is -59.7. The predicted octanol–water partition coefficient (Wildman–Crippen LogP) is -11.9. The topological polar surface area (TPSA) is 484 Å². The largest absolute Gasteiger partial charge is 0.394 e. The van der Waals surface area contributed by atoms with E-state index in [4.69, 9.17) is 61.6 Å². The van der Waals surface area contributed by atoms with Gasteiger partial charge in [-0.2, -0.15) is 0 Å². The van der Waals surface area contributed by atoms with Crippen LogP contribution >= 0.6 is 0 Å². The highest BCUT2D eigenvalue weighted by molar-refractivity contribution is 5.01. The zero-order chi connectivity index (χ0) is 51.7. The van der Waals surface area contributed by atoms with Gasteiger partial charge in [-0.3, -0.25) is 0 Å². The van der Waals surface area contributed by atoms with E-state index >= 15 is 0 Å². The van der Waals surface area contributed by atoms with Gasteiger partial charge in [0.25, 0.3) is 0 Å². The fourth-order valence-corrected chi connectivity index (χ4v) is 9.56. The van der Waals surface area contributed by atoms with E-state index in [0.29, 0.717) is 6.42 Å². The van der Waals surface area contributed by atoms with Gasteiger partial charge < -0.3 is 153 Å². The van der Waals surface area contributed by atoms with Crippen molar-refractivity contribution in [2.45, 2.75) is 210 Å². The van der Waals surface area contributed by atoms with Gasteiger partial charge in [0.15, 0.2) is 44.0 Å². The molecule has 31 heteroatoms. The molecule has 22 aliphatic heterocycles. The summed E-state index contributed by atoms with van der Waals surface area (Å²) in [5.74, 6) is 0. The Balaban J connectivity index is 1.22. The van der Waals surface area contributed by atoms with E-state index in [-0.39, 0.29) is 6.42 Å². The molecule has 0 aromatic carbocycles. The number of aliphatic hydroxyl groups excluding tert-OH is 18. The van der Waals surface area contributed by atoms with Crippen LogP contribution in [0.1, 0.15) is 19.8 Å². The lowest BCUT2D eigenvalue weighted by molar-refractivity contribution is -0.407. The molecule has 0 amide bonds. The lowest BCUT2D eigenvalue weighted by Gasteiger charge is -2.51. The van der Waals surface area contributed by atoms with E-state index in [1.807, 2.05) is 0 Å². The van der Waals surface area contributed by atoms with Crippen molar-refractivity contribution in [2.24, 2.45) is 0 Å². The van der Waals surface area contributed by atoms with Gasteiger partial charge in [-0.25, -0.2) is 0 Å². The Hall–Kier alpha value is -1.24. The van der Waals surface area contributed by atoms with E-state index in [1.54, 1.807) is 6.92 Å². The summed E-state index contributed by atoms with van der Waals surface area (Å²) in [6, 6.07) is 0. The normalized spacial score (nSPS) is 52.8. The van der Waals surface area contributed by atoms with Crippen molar-refractivity contribution in [2.75, 3.05) is 39.6 Å². The molecule has 22 heterocycles. The molecule has 22 aliphatic rings. The van der Waals surface area contributed by atoms with Crippen molar-refractivity contribution < 1.29 is 153 Å². The average Bonchev–Trinajstić information content (AvgIpc) is 3.36. The molecule has 0 spiro atoms. The smallest absolute Gasteiger partial charge is 0.187 e. The molecule has 22 rings (SSSR count). The van der Waals surface area contributed by atoms with Gasteiger partial charge in [-0.15, -0.1) is 0 Å². The highest BCUT2D eigenvalue weighted by atomic mass is 16.8. The quantitative estimate of drug-likeness (QED) is 0.0904. The van der Waals surface area contributed by atoms with Crippen molar-refractivity contribution in [1.82, 2.24) is 0 Å². The maximum atomic E-state index is 11.8. The Kier molecular flexibility index (Phi) is 20.1. The molecule has 22 saturated heterocycles. The van der Waals surface area contributed by atoms with Crippen LogP contribution in [-0.2, 0) is 61.6 Å². The Morgan fingerprint density at radius 1 is 0.310 bits per heavy atom. The standard InChI is InChI=1S/C40H68O31/c1-2-3-16(47)65-34-27(58)40-64-15(9-46)33(34)71-39-26(57)21(52)31(13(7-44)63-39)69-37-24(55)19(50)29(11(5-42)61-37)67-35-22(53)17(48)28(10(4-41)59-35)66-36-23(54)18(49)30(12(6-43)60-36)68-38-25(56)20(51)32(70-40)14(8-45)62-38/h10-58H,2-9H2,1H3/t10-,11-,12-,13-,14-,15-,16?,17-,18-,19-,20-,21-,22-,23-,24-,25-,26-,27-,28-,29-,30-,31-,32-,33+,34-,35-,36-,37-,38-,39-,40-/m1/s1. The van der Waals surface area contributed by atoms with Crippen LogP contribution in [0.15, 0.2) is 0 Å². The first-order valence-electron chi connectivity index (χ1n) is 23.2. The summed E-state index contributed by atoms with van der Waals surface area (Å²) >= 11 is 0. The molecule has 1 unspecified atom stereocenters. The maximum Gasteiger partial charge on any atom is 0.187 e. The van der Waals surface area contributed by atoms with Crippen LogP contribution in [0, 0.1) is 0 Å². The average molecular weight is 1040 g/mol. The van der Waals surface area contributed by atoms with E-state index in [9.17, 15) is 91.9 Å². The zero-order valence-electron chi connectivity index (χ0n) is 37.9. The van der Waals surface area contributed by atoms with Crippen LogP contribution < -0.4 is 0 Å². The first-order chi connectivity index (χ1) is 33.9. The summed E-state index contributed by atoms with van der Waals surface area (Å²) < 4.78 is 74.8. The number of ether oxygens (including phenoxy) is 13. The Morgan fingerprint density at radius 2 is 0.521 bits per heavy atom. The molecule has 0 saturated carbocycles. The summed E-state index contributed by atoms with van der Waals surface area (Å²) in [4.78, 5) is 0. The molecular weight excluding hydrogens is 976 g/mol. The molecule has 12 bridgehead atoms. The molecule has 18 N–H and O–H groups in total. The van der Waals surface area contributed by atoms with Crippen molar-refractivity contribution in [3.8, 4) is 0 Å². The summed E-state index contributed by atoms with van der Waals surface area (Å²) in [7, 11) is 0. The molecule has 31 nitrogen and oxygen atoms in total. The molecule has 0 radical (unpaired) electrons. The van der Waals surface area contributed by atoms with Crippen molar-refractivity contribution in [3.05, 3.63) is 0 Å². The van der Waals surface area contributed by atoms with Crippen LogP contribution in [0.5, 0.6) is 0 Å². The minimum Gasteiger partial charge on any atom is -0.394 e. The SMILES string of the molecule is CCCC(O)O[C@@H]1[C@@H](O)[C@H]2O[C@H]3[C@H](O)[C@@H](O)[C@@H](O[C@H]4[C@H](O)[C@@H](O)[C@@H](O[C@H]5[C@H](O)[C@@H](O)[C@@H](O[C@H]6[C@H](O)[C@@H](O)[C@@H](O[C@H]7[C@H](O)[C@@H](O)[C@@H](O[C@H]1[C@@H](CO)O2)O[C@@H]7CO)O[C@@H]6CO)O[C@@H]5CO)O[C@@H]4CO)O[C@@H]3CO. The number of aliphatic hydroxyl groups is 18. The van der Waals surface area contributed by atoms with Gasteiger partial charge in [0.05, 0.1) is 39.6 Å². The minimum absolute atomic E-state index is 0.0329. The van der Waals surface area contributed by atoms with Crippen molar-refractivity contribution >= 4 is 0 Å². The maximum absolute atomic E-state index is 11.8. The van der Waals surface area contributed by atoms with E-state index in [2.05, 4.69) is 0 Å². The molecule has 414 valence electrons. The molecule has 0 aliphatic carbocycles. The fraction of sp³-hybridized carbons (Fsp3) is 1.00. The Morgan fingerprint density at radius 3 is 0.746 bits per heavy atom. The molecule has 0 aromatic heterocycles. The van der Waals surface area contributed by atoms with E-state index in [1.165, 1.54) is 0 Å². The lowest BCUT2D eigenvalue weighted by Crippen LogP contribution is -2.69. The Labute approximate surface area is 403 Å². The van der Waals surface area contributed by atoms with Gasteiger partial charge in [-0.05, 0) is 6.42 Å². The molecular formula is C40H68O31. The van der Waals surface area contributed by atoms with Crippen molar-refractivity contribution in [3.63, 3.8) is 0 Å². The van der Waals surface area contributed by atoms with Gasteiger partial charge in [0, 0.05) is 0 Å². The summed E-state index contributed by atoms with van der Waals surface area (Å²) in [5, 5.41) is 198. The molecule has 22 fully saturated rings. The van der Waals surface area contributed by atoms with Crippen molar-refractivity contribution in [1.29, 1.82) is 0 Å². The summed E-state index contributed by atoms with van der Waals surface area (Å²) in [6.45, 7) is -4.33. The molecule has 0 aromatic rings. The van der Waals surface area contributed by atoms with Crippen LogP contribution in [0.25, 0.3) is 0 Å². The third-order valence-corrected chi connectivity index (χ3v) is 13.5. The number of hydrogen-bond acceptors (Lipinski definition) is 31. The Bertz CT molecular complexity index is 1610. The van der Waals surface area contributed by atoms with E-state index < -0.39 is 230 Å². The molecule has 71 heavy (non-hydrogen) atoms.